The molecule has 1 aromatic carbocycles. The Morgan fingerprint density at radius 3 is 1.74 bits per heavy atom. The predicted molar refractivity (Wildman–Crippen MR) is 64.5 cm³/mol. The van der Waals surface area contributed by atoms with Crippen LogP contribution in [0.3, 0.4) is 0 Å². The quantitative estimate of drug-likeness (QED) is 0.605. The van der Waals surface area contributed by atoms with Crippen LogP contribution in [0, 0.1) is 9.49 Å². The zero-order chi connectivity index (χ0) is 14.8. The molecule has 1 nitrogen and oxygen atoms in total. The number of aliphatic hydroxyl groups is 1. The zero-order valence-corrected chi connectivity index (χ0v) is 11.4. The van der Waals surface area contributed by atoms with Crippen molar-refractivity contribution in [2.45, 2.75) is 24.9 Å². The molecule has 1 aromatic rings. The van der Waals surface area contributed by atoms with Crippen LogP contribution in [0.1, 0.15) is 5.56 Å². The van der Waals surface area contributed by atoms with Gasteiger partial charge in [-0.2, -0.15) is 26.3 Å². The molecule has 0 amide bonds. The van der Waals surface area contributed by atoms with Crippen molar-refractivity contribution in [3.63, 3.8) is 0 Å². The summed E-state index contributed by atoms with van der Waals surface area (Å²) in [6, 6.07) is 5.85. The lowest BCUT2D eigenvalue weighted by Gasteiger charge is -2.27. The van der Waals surface area contributed by atoms with E-state index in [1.807, 2.05) is 22.6 Å². The van der Waals surface area contributed by atoms with Crippen molar-refractivity contribution in [3.8, 4) is 0 Å². The minimum Gasteiger partial charge on any atom is -0.392 e. The maximum Gasteiger partial charge on any atom is 0.403 e. The van der Waals surface area contributed by atoms with Gasteiger partial charge < -0.3 is 5.11 Å². The lowest BCUT2D eigenvalue weighted by atomic mass is 9.95. The van der Waals surface area contributed by atoms with Crippen molar-refractivity contribution in [3.05, 3.63) is 33.4 Å². The van der Waals surface area contributed by atoms with Crippen molar-refractivity contribution in [2.24, 2.45) is 5.92 Å². The molecule has 0 aliphatic carbocycles. The Morgan fingerprint density at radius 2 is 1.37 bits per heavy atom. The minimum atomic E-state index is -5.53. The third kappa shape index (κ3) is 4.83. The first-order valence-electron chi connectivity index (χ1n) is 5.07. The monoisotopic (exact) mass is 398 g/mol. The lowest BCUT2D eigenvalue weighted by Crippen LogP contribution is -2.45. The first-order valence-corrected chi connectivity index (χ1v) is 6.15. The molecule has 0 aliphatic rings. The second kappa shape index (κ2) is 5.86. The van der Waals surface area contributed by atoms with E-state index in [0.717, 1.165) is 3.57 Å². The van der Waals surface area contributed by atoms with Gasteiger partial charge in [-0.3, -0.25) is 0 Å². The van der Waals surface area contributed by atoms with E-state index in [1.165, 1.54) is 12.1 Å². The average molecular weight is 398 g/mol. The molecule has 0 heterocycles. The van der Waals surface area contributed by atoms with E-state index < -0.39 is 30.8 Å². The van der Waals surface area contributed by atoms with Crippen LogP contribution in [0.25, 0.3) is 0 Å². The first kappa shape index (κ1) is 16.5. The third-order valence-electron chi connectivity index (χ3n) is 2.45. The van der Waals surface area contributed by atoms with Crippen molar-refractivity contribution < 1.29 is 31.4 Å². The standard InChI is InChI=1S/C11H9F6IO/c12-10(13,14)9(11(15,16)17)8(19)5-6-1-3-7(18)4-2-6/h1-4,8-9,19H,5H2. The molecule has 0 fully saturated rings. The minimum absolute atomic E-state index is 0.214. The highest BCUT2D eigenvalue weighted by molar-refractivity contribution is 14.1. The summed E-state index contributed by atoms with van der Waals surface area (Å²) in [6.07, 6.45) is -14.3. The van der Waals surface area contributed by atoms with E-state index in [9.17, 15) is 31.4 Å². The lowest BCUT2D eigenvalue weighted by molar-refractivity contribution is -0.305. The SMILES string of the molecule is OC(Cc1ccc(I)cc1)C(C(F)(F)F)C(F)(F)F. The summed E-state index contributed by atoms with van der Waals surface area (Å²) in [6.45, 7) is 0. The summed E-state index contributed by atoms with van der Waals surface area (Å²) < 4.78 is 74.9. The molecule has 19 heavy (non-hydrogen) atoms. The molecule has 0 spiro atoms. The molecule has 1 atom stereocenters. The first-order chi connectivity index (χ1) is 8.51. The van der Waals surface area contributed by atoms with Crippen LogP contribution in [0.2, 0.25) is 0 Å². The van der Waals surface area contributed by atoms with Crippen LogP contribution in [-0.2, 0) is 6.42 Å². The molecular formula is C11H9F6IO. The van der Waals surface area contributed by atoms with Crippen LogP contribution < -0.4 is 0 Å². The Morgan fingerprint density at radius 1 is 0.947 bits per heavy atom. The van der Waals surface area contributed by atoms with Crippen LogP contribution in [0.15, 0.2) is 24.3 Å². The molecule has 0 saturated heterocycles. The van der Waals surface area contributed by atoms with Gasteiger partial charge in [0.2, 0.25) is 0 Å². The smallest absolute Gasteiger partial charge is 0.392 e. The van der Waals surface area contributed by atoms with Crippen LogP contribution in [-0.4, -0.2) is 23.6 Å². The molecule has 0 aliphatic heterocycles. The number of aliphatic hydroxyl groups excluding tert-OH is 1. The highest BCUT2D eigenvalue weighted by atomic mass is 127. The van der Waals surface area contributed by atoms with E-state index in [1.54, 1.807) is 12.1 Å². The number of benzene rings is 1. The van der Waals surface area contributed by atoms with Gasteiger partial charge in [0.15, 0.2) is 5.92 Å². The van der Waals surface area contributed by atoms with Gasteiger partial charge in [0, 0.05) is 3.57 Å². The van der Waals surface area contributed by atoms with Crippen molar-refractivity contribution in [1.82, 2.24) is 0 Å². The summed E-state index contributed by atoms with van der Waals surface area (Å²) in [7, 11) is 0. The van der Waals surface area contributed by atoms with E-state index in [0.29, 0.717) is 0 Å². The fraction of sp³-hybridized carbons (Fsp3) is 0.455. The Labute approximate surface area is 118 Å². The van der Waals surface area contributed by atoms with Gasteiger partial charge in [-0.05, 0) is 46.7 Å². The molecule has 1 unspecified atom stereocenters. The summed E-state index contributed by atoms with van der Waals surface area (Å²) >= 11 is 1.95. The topological polar surface area (TPSA) is 20.2 Å². The number of alkyl halides is 6. The number of rotatable bonds is 3. The van der Waals surface area contributed by atoms with Crippen molar-refractivity contribution in [2.75, 3.05) is 0 Å². The fourth-order valence-corrected chi connectivity index (χ4v) is 1.96. The zero-order valence-electron chi connectivity index (χ0n) is 9.26. The molecule has 0 radical (unpaired) electrons. The molecule has 1 rings (SSSR count). The normalized spacial score (nSPS) is 14.8. The predicted octanol–water partition coefficient (Wildman–Crippen LogP) is 3.94. The summed E-state index contributed by atoms with van der Waals surface area (Å²) in [5.41, 5.74) is 0.214. The Bertz CT molecular complexity index is 397. The fourth-order valence-electron chi connectivity index (χ4n) is 1.60. The van der Waals surface area contributed by atoms with E-state index in [4.69, 9.17) is 0 Å². The van der Waals surface area contributed by atoms with Crippen molar-refractivity contribution in [1.29, 1.82) is 0 Å². The molecule has 0 aromatic heterocycles. The van der Waals surface area contributed by atoms with E-state index in [-0.39, 0.29) is 5.56 Å². The maximum absolute atomic E-state index is 12.4. The second-order valence-electron chi connectivity index (χ2n) is 3.96. The summed E-state index contributed by atoms with van der Waals surface area (Å²) in [4.78, 5) is 0. The van der Waals surface area contributed by atoms with Gasteiger partial charge >= 0.3 is 12.4 Å². The maximum atomic E-state index is 12.4. The van der Waals surface area contributed by atoms with Gasteiger partial charge in [-0.1, -0.05) is 12.1 Å². The van der Waals surface area contributed by atoms with Gasteiger partial charge in [0.1, 0.15) is 0 Å². The van der Waals surface area contributed by atoms with E-state index in [2.05, 4.69) is 0 Å². The number of halogens is 7. The number of hydrogen-bond donors (Lipinski definition) is 1. The molecule has 0 bridgehead atoms. The van der Waals surface area contributed by atoms with Gasteiger partial charge in [-0.15, -0.1) is 0 Å². The molecule has 108 valence electrons. The Kier molecular flexibility index (Phi) is 5.10. The summed E-state index contributed by atoms with van der Waals surface area (Å²) in [5.74, 6) is -3.74. The Balaban J connectivity index is 2.89. The Hall–Kier alpha value is -0.510. The molecular weight excluding hydrogens is 389 g/mol. The van der Waals surface area contributed by atoms with Crippen LogP contribution in [0.5, 0.6) is 0 Å². The van der Waals surface area contributed by atoms with Gasteiger partial charge in [-0.25, -0.2) is 0 Å². The molecule has 0 saturated carbocycles. The number of hydrogen-bond acceptors (Lipinski definition) is 1. The highest BCUT2D eigenvalue weighted by Gasteiger charge is 2.59. The van der Waals surface area contributed by atoms with Crippen LogP contribution >= 0.6 is 22.6 Å². The summed E-state index contributed by atoms with van der Waals surface area (Å²) in [5, 5.41) is 9.26. The van der Waals surface area contributed by atoms with E-state index >= 15 is 0 Å². The molecule has 8 heteroatoms. The van der Waals surface area contributed by atoms with Crippen LogP contribution in [0.4, 0.5) is 26.3 Å². The van der Waals surface area contributed by atoms with Crippen molar-refractivity contribution >= 4 is 22.6 Å². The molecule has 1 N–H and O–H groups in total. The van der Waals surface area contributed by atoms with Gasteiger partial charge in [0.25, 0.3) is 0 Å². The van der Waals surface area contributed by atoms with Gasteiger partial charge in [0.05, 0.1) is 6.10 Å². The third-order valence-corrected chi connectivity index (χ3v) is 3.17. The highest BCUT2D eigenvalue weighted by Crippen LogP contribution is 2.42. The average Bonchev–Trinajstić information content (AvgIpc) is 2.16. The largest absolute Gasteiger partial charge is 0.403 e. The second-order valence-corrected chi connectivity index (χ2v) is 5.20.